The highest BCUT2D eigenvalue weighted by Gasteiger charge is 2.28. The van der Waals surface area contributed by atoms with Crippen molar-refractivity contribution in [1.82, 2.24) is 4.90 Å². The number of amides is 1. The highest BCUT2D eigenvalue weighted by Crippen LogP contribution is 2.22. The van der Waals surface area contributed by atoms with Crippen LogP contribution in [0.15, 0.2) is 54.6 Å². The minimum Gasteiger partial charge on any atom is -0.331 e. The van der Waals surface area contributed by atoms with Gasteiger partial charge >= 0.3 is 0 Å². The van der Waals surface area contributed by atoms with Crippen LogP contribution in [0.5, 0.6) is 0 Å². The number of hydrogen-bond acceptors (Lipinski definition) is 2. The number of benzene rings is 2. The zero-order valence-electron chi connectivity index (χ0n) is 13.7. The Balaban J connectivity index is 1.66. The maximum absolute atomic E-state index is 12.6. The van der Waals surface area contributed by atoms with Gasteiger partial charge in [-0.05, 0) is 49.2 Å². The van der Waals surface area contributed by atoms with E-state index in [0.29, 0.717) is 23.7 Å². The van der Waals surface area contributed by atoms with Gasteiger partial charge in [0, 0.05) is 41.1 Å². The number of hydrogen-bond donors (Lipinski definition) is 0. The van der Waals surface area contributed by atoms with Gasteiger partial charge in [0.2, 0.25) is 0 Å². The van der Waals surface area contributed by atoms with Gasteiger partial charge in [-0.1, -0.05) is 35.7 Å². The van der Waals surface area contributed by atoms with E-state index < -0.39 is 0 Å². The van der Waals surface area contributed by atoms with Gasteiger partial charge in [0.1, 0.15) is 0 Å². The molecule has 3 rings (SSSR count). The summed E-state index contributed by atoms with van der Waals surface area (Å²) in [7, 11) is 0. The summed E-state index contributed by atoms with van der Waals surface area (Å²) in [4.78, 5) is 26.7. The Morgan fingerprint density at radius 2 is 1.76 bits per heavy atom. The molecule has 1 fully saturated rings. The Kier molecular flexibility index (Phi) is 5.53. The summed E-state index contributed by atoms with van der Waals surface area (Å²) in [5.41, 5.74) is 1.45. The van der Waals surface area contributed by atoms with Gasteiger partial charge in [0.25, 0.3) is 5.91 Å². The number of likely N-dealkylation sites (tertiary alicyclic amines) is 1. The molecule has 0 aliphatic carbocycles. The highest BCUT2D eigenvalue weighted by atomic mass is 35.5. The van der Waals surface area contributed by atoms with Crippen LogP contribution < -0.4 is 0 Å². The molecule has 1 aliphatic heterocycles. The summed E-state index contributed by atoms with van der Waals surface area (Å²) >= 11 is 5.87. The lowest BCUT2D eigenvalue weighted by atomic mass is 9.90. The Morgan fingerprint density at radius 3 is 2.48 bits per heavy atom. The molecule has 0 unspecified atom stereocenters. The average molecular weight is 352 g/mol. The summed E-state index contributed by atoms with van der Waals surface area (Å²) in [6, 6.07) is 16.3. The highest BCUT2D eigenvalue weighted by molar-refractivity contribution is 6.30. The summed E-state index contributed by atoms with van der Waals surface area (Å²) in [6.45, 7) is 1.07. The molecule has 1 saturated heterocycles. The van der Waals surface area contributed by atoms with Crippen molar-refractivity contribution in [2.75, 3.05) is 13.1 Å². The van der Waals surface area contributed by atoms with Crippen molar-refractivity contribution in [3.8, 4) is 11.8 Å². The predicted molar refractivity (Wildman–Crippen MR) is 98.4 cm³/mol. The van der Waals surface area contributed by atoms with Gasteiger partial charge in [0.05, 0.1) is 0 Å². The van der Waals surface area contributed by atoms with Gasteiger partial charge in [-0.25, -0.2) is 0 Å². The number of nitrogens with zero attached hydrogens (tertiary/aromatic N) is 1. The number of rotatable bonds is 2. The monoisotopic (exact) mass is 351 g/mol. The van der Waals surface area contributed by atoms with Crippen molar-refractivity contribution in [2.45, 2.75) is 12.8 Å². The molecule has 2 aromatic carbocycles. The second-order valence-electron chi connectivity index (χ2n) is 6.08. The molecule has 0 aromatic heterocycles. The molecule has 1 aliphatic rings. The van der Waals surface area contributed by atoms with Crippen LogP contribution in [0.25, 0.3) is 0 Å². The first-order valence-corrected chi connectivity index (χ1v) is 8.67. The standard InChI is InChI=1S/C21H18ClNO2/c22-19-11-9-17(10-12-19)21(25)18-7-4-14-23(15-18)20(24)13-8-16-5-2-1-3-6-16/h1-3,5-6,9-12,18H,4,7,14-15H2/t18-/m1/s1. The lowest BCUT2D eigenvalue weighted by Crippen LogP contribution is -2.41. The maximum Gasteiger partial charge on any atom is 0.298 e. The molecule has 0 N–H and O–H groups in total. The molecule has 1 amide bonds. The van der Waals surface area contributed by atoms with E-state index >= 15 is 0 Å². The zero-order valence-corrected chi connectivity index (χ0v) is 14.5. The number of ketones is 1. The first-order chi connectivity index (χ1) is 12.1. The van der Waals surface area contributed by atoms with E-state index in [1.165, 1.54) is 0 Å². The van der Waals surface area contributed by atoms with Crippen LogP contribution in [-0.2, 0) is 4.79 Å². The molecule has 3 nitrogen and oxygen atoms in total. The van der Waals surface area contributed by atoms with E-state index in [-0.39, 0.29) is 17.6 Å². The first-order valence-electron chi connectivity index (χ1n) is 8.29. The fraction of sp³-hybridized carbons (Fsp3) is 0.238. The Morgan fingerprint density at radius 1 is 1.04 bits per heavy atom. The van der Waals surface area contributed by atoms with Crippen LogP contribution in [0.4, 0.5) is 0 Å². The molecule has 0 spiro atoms. The molecular formula is C21H18ClNO2. The lowest BCUT2D eigenvalue weighted by Gasteiger charge is -2.30. The molecule has 0 radical (unpaired) electrons. The lowest BCUT2D eigenvalue weighted by molar-refractivity contribution is -0.126. The van der Waals surface area contributed by atoms with Crippen molar-refractivity contribution in [2.24, 2.45) is 5.92 Å². The van der Waals surface area contributed by atoms with Gasteiger partial charge in [0.15, 0.2) is 5.78 Å². The third-order valence-corrected chi connectivity index (χ3v) is 4.55. The van der Waals surface area contributed by atoms with E-state index in [0.717, 1.165) is 18.4 Å². The minimum absolute atomic E-state index is 0.0604. The zero-order chi connectivity index (χ0) is 17.6. The van der Waals surface area contributed by atoms with Gasteiger partial charge in [-0.2, -0.15) is 0 Å². The van der Waals surface area contributed by atoms with E-state index in [9.17, 15) is 9.59 Å². The summed E-state index contributed by atoms with van der Waals surface area (Å²) in [6.07, 6.45) is 1.60. The Labute approximate surface area is 152 Å². The van der Waals surface area contributed by atoms with E-state index in [1.54, 1.807) is 29.2 Å². The van der Waals surface area contributed by atoms with Gasteiger partial charge < -0.3 is 4.90 Å². The predicted octanol–water partition coefficient (Wildman–Crippen LogP) is 3.81. The fourth-order valence-electron chi connectivity index (χ4n) is 2.95. The van der Waals surface area contributed by atoms with Crippen LogP contribution in [0.2, 0.25) is 5.02 Å². The van der Waals surface area contributed by atoms with E-state index in [4.69, 9.17) is 11.6 Å². The Bertz CT molecular complexity index is 818. The molecule has 1 heterocycles. The van der Waals surface area contributed by atoms with Crippen molar-refractivity contribution >= 4 is 23.3 Å². The number of halogens is 1. The third kappa shape index (κ3) is 4.49. The molecule has 0 bridgehead atoms. The van der Waals surface area contributed by atoms with Crippen molar-refractivity contribution in [1.29, 1.82) is 0 Å². The van der Waals surface area contributed by atoms with Crippen molar-refractivity contribution in [3.63, 3.8) is 0 Å². The molecular weight excluding hydrogens is 334 g/mol. The molecule has 126 valence electrons. The molecule has 0 saturated carbocycles. The average Bonchev–Trinajstić information content (AvgIpc) is 2.67. The fourth-order valence-corrected chi connectivity index (χ4v) is 3.08. The second kappa shape index (κ2) is 8.00. The molecule has 4 heteroatoms. The van der Waals surface area contributed by atoms with Crippen molar-refractivity contribution < 1.29 is 9.59 Å². The SMILES string of the molecule is O=C(c1ccc(Cl)cc1)[C@@H]1CCCN(C(=O)C#Cc2ccccc2)C1. The summed E-state index contributed by atoms with van der Waals surface area (Å²) in [5, 5.41) is 0.605. The van der Waals surface area contributed by atoms with Crippen molar-refractivity contribution in [3.05, 3.63) is 70.7 Å². The quantitative estimate of drug-likeness (QED) is 0.609. The maximum atomic E-state index is 12.6. The topological polar surface area (TPSA) is 37.4 Å². The second-order valence-corrected chi connectivity index (χ2v) is 6.51. The van der Waals surface area contributed by atoms with Crippen LogP contribution >= 0.6 is 11.6 Å². The van der Waals surface area contributed by atoms with Gasteiger partial charge in [-0.15, -0.1) is 0 Å². The largest absolute Gasteiger partial charge is 0.331 e. The third-order valence-electron chi connectivity index (χ3n) is 4.30. The smallest absolute Gasteiger partial charge is 0.298 e. The minimum atomic E-state index is -0.225. The summed E-state index contributed by atoms with van der Waals surface area (Å²) < 4.78 is 0. The normalized spacial score (nSPS) is 16.7. The summed E-state index contributed by atoms with van der Waals surface area (Å²) in [5.74, 6) is 5.22. The van der Waals surface area contributed by atoms with Crippen LogP contribution in [0, 0.1) is 17.8 Å². The molecule has 1 atom stereocenters. The Hall–Kier alpha value is -2.57. The first kappa shape index (κ1) is 17.3. The number of Topliss-reactive ketones (excluding diaryl/α,β-unsaturated/α-hetero) is 1. The van der Waals surface area contributed by atoms with Crippen LogP contribution in [0.3, 0.4) is 0 Å². The van der Waals surface area contributed by atoms with Gasteiger partial charge in [-0.3, -0.25) is 9.59 Å². The number of carbonyl (C=O) groups is 2. The molecule has 2 aromatic rings. The number of carbonyl (C=O) groups excluding carboxylic acids is 2. The van der Waals surface area contributed by atoms with E-state index in [2.05, 4.69) is 11.8 Å². The van der Waals surface area contributed by atoms with Crippen LogP contribution in [0.1, 0.15) is 28.8 Å². The van der Waals surface area contributed by atoms with E-state index in [1.807, 2.05) is 30.3 Å². The molecule has 25 heavy (non-hydrogen) atoms. The van der Waals surface area contributed by atoms with Crippen LogP contribution in [-0.4, -0.2) is 29.7 Å². The number of piperidine rings is 1.